The van der Waals surface area contributed by atoms with Crippen LogP contribution in [-0.2, 0) is 9.84 Å². The van der Waals surface area contributed by atoms with E-state index in [2.05, 4.69) is 10.2 Å². The van der Waals surface area contributed by atoms with Gasteiger partial charge in [-0.3, -0.25) is 4.40 Å². The number of sulfone groups is 1. The molecule has 0 aliphatic rings. The van der Waals surface area contributed by atoms with Crippen molar-refractivity contribution in [1.29, 1.82) is 0 Å². The summed E-state index contributed by atoms with van der Waals surface area (Å²) in [6.45, 7) is 0. The normalized spacial score (nSPS) is 11.8. The second kappa shape index (κ2) is 4.32. The highest BCUT2D eigenvalue weighted by atomic mass is 35.5. The van der Waals surface area contributed by atoms with E-state index in [0.717, 1.165) is 0 Å². The summed E-state index contributed by atoms with van der Waals surface area (Å²) in [5.74, 6) is 0. The Morgan fingerprint density at radius 1 is 0.947 bits per heavy atom. The molecule has 0 unspecified atom stereocenters. The lowest BCUT2D eigenvalue weighted by molar-refractivity contribution is 0.595. The predicted octanol–water partition coefficient (Wildman–Crippen LogP) is 2.22. The van der Waals surface area contributed by atoms with Gasteiger partial charge in [0.1, 0.15) is 0 Å². The van der Waals surface area contributed by atoms with Crippen molar-refractivity contribution < 1.29 is 8.42 Å². The summed E-state index contributed by atoms with van der Waals surface area (Å²) in [6.07, 6.45) is 1.42. The molecule has 2 aromatic heterocycles. The molecule has 5 nitrogen and oxygen atoms in total. The summed E-state index contributed by atoms with van der Waals surface area (Å²) in [5, 5.41) is 7.60. The average Bonchev–Trinajstić information content (AvgIpc) is 2.81. The van der Waals surface area contributed by atoms with E-state index in [9.17, 15) is 8.42 Å². The van der Waals surface area contributed by atoms with Gasteiger partial charge in [-0.15, -0.1) is 10.2 Å². The Kier molecular flexibility index (Phi) is 2.76. The van der Waals surface area contributed by atoms with Crippen LogP contribution in [0, 0.1) is 0 Å². The molecule has 0 bridgehead atoms. The summed E-state index contributed by atoms with van der Waals surface area (Å²) < 4.78 is 26.3. The molecule has 0 spiro atoms. The maximum Gasteiger partial charge on any atom is 0.229 e. The van der Waals surface area contributed by atoms with E-state index >= 15 is 0 Å². The van der Waals surface area contributed by atoms with E-state index in [1.54, 1.807) is 36.4 Å². The third kappa shape index (κ3) is 1.98. The van der Waals surface area contributed by atoms with Gasteiger partial charge in [-0.25, -0.2) is 8.42 Å². The monoisotopic (exact) mass is 293 g/mol. The van der Waals surface area contributed by atoms with Gasteiger partial charge in [0.2, 0.25) is 15.1 Å². The molecule has 7 heteroatoms. The Bertz CT molecular complexity index is 844. The van der Waals surface area contributed by atoms with Crippen LogP contribution >= 0.6 is 11.6 Å². The molecule has 0 radical (unpaired) electrons. The van der Waals surface area contributed by atoms with Crippen molar-refractivity contribution in [3.05, 3.63) is 53.9 Å². The number of pyridine rings is 1. The molecule has 96 valence electrons. The molecule has 0 fully saturated rings. The van der Waals surface area contributed by atoms with Crippen LogP contribution in [0.1, 0.15) is 0 Å². The van der Waals surface area contributed by atoms with Crippen molar-refractivity contribution in [1.82, 2.24) is 14.6 Å². The fraction of sp³-hybridized carbons (Fsp3) is 0. The Labute approximate surface area is 114 Å². The van der Waals surface area contributed by atoms with E-state index in [1.165, 1.54) is 16.7 Å². The number of halogens is 1. The van der Waals surface area contributed by atoms with Gasteiger partial charge in [-0.2, -0.15) is 0 Å². The molecule has 2 heterocycles. The van der Waals surface area contributed by atoms with Crippen molar-refractivity contribution >= 4 is 27.1 Å². The Balaban J connectivity index is 2.21. The molecule has 0 aliphatic carbocycles. The quantitative estimate of drug-likeness (QED) is 0.727. The third-order valence-electron chi connectivity index (χ3n) is 2.70. The van der Waals surface area contributed by atoms with Crippen LogP contribution in [-0.4, -0.2) is 23.0 Å². The van der Waals surface area contributed by atoms with E-state index < -0.39 is 9.84 Å². The fourth-order valence-corrected chi connectivity index (χ4v) is 3.19. The topological polar surface area (TPSA) is 64.3 Å². The molecular weight excluding hydrogens is 286 g/mol. The van der Waals surface area contributed by atoms with Crippen LogP contribution in [0.3, 0.4) is 0 Å². The number of benzene rings is 1. The predicted molar refractivity (Wildman–Crippen MR) is 69.9 cm³/mol. The zero-order chi connectivity index (χ0) is 13.5. The lowest BCUT2D eigenvalue weighted by Crippen LogP contribution is -2.03. The highest BCUT2D eigenvalue weighted by molar-refractivity contribution is 7.91. The number of hydrogen-bond acceptors (Lipinski definition) is 4. The summed E-state index contributed by atoms with van der Waals surface area (Å²) in [5.41, 5.74) is 0.497. The van der Waals surface area contributed by atoms with Crippen LogP contribution in [0.25, 0.3) is 5.65 Å². The van der Waals surface area contributed by atoms with E-state index in [0.29, 0.717) is 5.65 Å². The molecule has 19 heavy (non-hydrogen) atoms. The minimum atomic E-state index is -3.56. The maximum atomic E-state index is 12.4. The molecule has 1 aromatic carbocycles. The first kappa shape index (κ1) is 12.1. The van der Waals surface area contributed by atoms with E-state index in [1.807, 2.05) is 0 Å². The molecule has 0 aliphatic heterocycles. The van der Waals surface area contributed by atoms with Crippen LogP contribution in [0.15, 0.2) is 58.5 Å². The number of hydrogen-bond donors (Lipinski definition) is 0. The van der Waals surface area contributed by atoms with Crippen molar-refractivity contribution in [2.24, 2.45) is 0 Å². The summed E-state index contributed by atoms with van der Waals surface area (Å²) in [4.78, 5) is 0.381. The Hall–Kier alpha value is -1.92. The number of rotatable bonds is 2. The van der Waals surface area contributed by atoms with Gasteiger partial charge >= 0.3 is 0 Å². The second-order valence-electron chi connectivity index (χ2n) is 3.88. The van der Waals surface area contributed by atoms with Crippen molar-refractivity contribution in [2.75, 3.05) is 0 Å². The first-order valence-electron chi connectivity index (χ1n) is 5.39. The molecule has 0 saturated heterocycles. The molecule has 0 atom stereocenters. The molecule has 0 N–H and O–H groups in total. The summed E-state index contributed by atoms with van der Waals surface area (Å²) in [7, 11) is -3.56. The Morgan fingerprint density at radius 2 is 1.68 bits per heavy atom. The lowest BCUT2D eigenvalue weighted by Gasteiger charge is -2.04. The van der Waals surface area contributed by atoms with Crippen LogP contribution in [0.5, 0.6) is 0 Å². The molecular formula is C12H8ClN3O2S. The highest BCUT2D eigenvalue weighted by Crippen LogP contribution is 2.21. The number of nitrogens with zero attached hydrogens (tertiary/aromatic N) is 3. The highest BCUT2D eigenvalue weighted by Gasteiger charge is 2.18. The van der Waals surface area contributed by atoms with Crippen molar-refractivity contribution in [2.45, 2.75) is 9.79 Å². The zero-order valence-corrected chi connectivity index (χ0v) is 11.1. The second-order valence-corrected chi connectivity index (χ2v) is 6.17. The lowest BCUT2D eigenvalue weighted by atomic mass is 10.4. The van der Waals surface area contributed by atoms with Crippen molar-refractivity contribution in [3.8, 4) is 0 Å². The van der Waals surface area contributed by atoms with Crippen LogP contribution in [0.4, 0.5) is 0 Å². The maximum absolute atomic E-state index is 12.4. The molecule has 3 rings (SSSR count). The van der Waals surface area contributed by atoms with Gasteiger partial charge in [0.15, 0.2) is 5.65 Å². The van der Waals surface area contributed by atoms with Crippen LogP contribution < -0.4 is 0 Å². The molecule has 0 amide bonds. The number of aromatic nitrogens is 3. The smallest absolute Gasteiger partial charge is 0.229 e. The SMILES string of the molecule is O=S(=O)(c1ccccc1)c1ccc2nnc(Cl)n2c1. The van der Waals surface area contributed by atoms with Gasteiger partial charge in [-0.1, -0.05) is 18.2 Å². The largest absolute Gasteiger partial charge is 0.272 e. The van der Waals surface area contributed by atoms with E-state index in [4.69, 9.17) is 11.6 Å². The van der Waals surface area contributed by atoms with Gasteiger partial charge in [0.05, 0.1) is 9.79 Å². The minimum absolute atomic E-state index is 0.125. The first-order valence-corrected chi connectivity index (χ1v) is 7.25. The van der Waals surface area contributed by atoms with Crippen LogP contribution in [0.2, 0.25) is 5.28 Å². The number of fused-ring (bicyclic) bond motifs is 1. The Morgan fingerprint density at radius 3 is 2.42 bits per heavy atom. The van der Waals surface area contributed by atoms with Gasteiger partial charge in [-0.05, 0) is 35.9 Å². The standard InChI is InChI=1S/C12H8ClN3O2S/c13-12-15-14-11-7-6-10(8-16(11)12)19(17,18)9-4-2-1-3-5-9/h1-8H. The summed E-state index contributed by atoms with van der Waals surface area (Å²) >= 11 is 5.84. The fourth-order valence-electron chi connectivity index (χ4n) is 1.74. The molecule has 3 aromatic rings. The van der Waals surface area contributed by atoms with Gasteiger partial charge in [0.25, 0.3) is 0 Å². The third-order valence-corrected chi connectivity index (χ3v) is 4.71. The minimum Gasteiger partial charge on any atom is -0.272 e. The zero-order valence-electron chi connectivity index (χ0n) is 9.56. The average molecular weight is 294 g/mol. The molecule has 0 saturated carbocycles. The van der Waals surface area contributed by atoms with Gasteiger partial charge < -0.3 is 0 Å². The van der Waals surface area contributed by atoms with E-state index in [-0.39, 0.29) is 15.1 Å². The first-order chi connectivity index (χ1) is 9.09. The van der Waals surface area contributed by atoms with Crippen molar-refractivity contribution in [3.63, 3.8) is 0 Å². The summed E-state index contributed by atoms with van der Waals surface area (Å²) in [6, 6.07) is 11.3. The van der Waals surface area contributed by atoms with Gasteiger partial charge in [0, 0.05) is 6.20 Å².